The van der Waals surface area contributed by atoms with Gasteiger partial charge in [-0.25, -0.2) is 0 Å². The van der Waals surface area contributed by atoms with Crippen LogP contribution in [-0.4, -0.2) is 14.2 Å². The van der Waals surface area contributed by atoms with E-state index < -0.39 is 0 Å². The molecule has 1 aromatic heterocycles. The zero-order chi connectivity index (χ0) is 12.1. The van der Waals surface area contributed by atoms with Gasteiger partial charge in [-0.15, -0.1) is 0 Å². The first-order chi connectivity index (χ1) is 8.33. The topological polar surface area (TPSA) is 43.6 Å². The van der Waals surface area contributed by atoms with E-state index >= 15 is 0 Å². The molecule has 0 spiro atoms. The molecule has 4 nitrogen and oxygen atoms in total. The fourth-order valence-corrected chi connectivity index (χ4v) is 1.54. The summed E-state index contributed by atoms with van der Waals surface area (Å²) in [4.78, 5) is 0. The molecule has 0 aliphatic carbocycles. The Hall–Kier alpha value is -2.10. The summed E-state index contributed by atoms with van der Waals surface area (Å²) in [5, 5.41) is 3.28. The highest BCUT2D eigenvalue weighted by Gasteiger charge is 2.04. The van der Waals surface area contributed by atoms with Crippen LogP contribution < -0.4 is 14.8 Å². The molecule has 0 unspecified atom stereocenters. The van der Waals surface area contributed by atoms with E-state index in [1.165, 1.54) is 0 Å². The molecule has 90 valence electrons. The van der Waals surface area contributed by atoms with Crippen LogP contribution in [0.15, 0.2) is 41.2 Å². The summed E-state index contributed by atoms with van der Waals surface area (Å²) >= 11 is 0. The van der Waals surface area contributed by atoms with E-state index in [-0.39, 0.29) is 0 Å². The van der Waals surface area contributed by atoms with Crippen molar-refractivity contribution in [2.75, 3.05) is 19.5 Å². The van der Waals surface area contributed by atoms with Gasteiger partial charge in [-0.2, -0.15) is 0 Å². The molecule has 0 saturated carbocycles. The maximum atomic E-state index is 5.27. The summed E-state index contributed by atoms with van der Waals surface area (Å²) in [6.07, 6.45) is 3.36. The van der Waals surface area contributed by atoms with Gasteiger partial charge in [-0.1, -0.05) is 0 Å². The van der Waals surface area contributed by atoms with Crippen LogP contribution in [0.3, 0.4) is 0 Å². The van der Waals surface area contributed by atoms with Crippen molar-refractivity contribution in [1.29, 1.82) is 0 Å². The van der Waals surface area contributed by atoms with Crippen LogP contribution in [0.5, 0.6) is 11.5 Å². The van der Waals surface area contributed by atoms with Crippen molar-refractivity contribution in [3.8, 4) is 11.5 Å². The summed E-state index contributed by atoms with van der Waals surface area (Å²) < 4.78 is 15.5. The zero-order valence-corrected chi connectivity index (χ0v) is 9.90. The van der Waals surface area contributed by atoms with Gasteiger partial charge in [-0.05, 0) is 18.2 Å². The summed E-state index contributed by atoms with van der Waals surface area (Å²) in [6.45, 7) is 0.681. The monoisotopic (exact) mass is 233 g/mol. The van der Waals surface area contributed by atoms with Crippen molar-refractivity contribution < 1.29 is 13.9 Å². The lowest BCUT2D eigenvalue weighted by molar-refractivity contribution is 0.404. The molecule has 0 amide bonds. The second kappa shape index (κ2) is 5.30. The number of rotatable bonds is 5. The second-order valence-electron chi connectivity index (χ2n) is 3.55. The molecule has 4 heteroatoms. The van der Waals surface area contributed by atoms with Gasteiger partial charge in [0.1, 0.15) is 11.5 Å². The fraction of sp³-hybridized carbons (Fsp3) is 0.231. The van der Waals surface area contributed by atoms with Crippen molar-refractivity contribution in [3.63, 3.8) is 0 Å². The SMILES string of the molecule is COc1ccc(OC)c(NCc2ccoc2)c1. The van der Waals surface area contributed by atoms with Gasteiger partial charge in [0.25, 0.3) is 0 Å². The minimum absolute atomic E-state index is 0.681. The molecule has 0 aliphatic rings. The highest BCUT2D eigenvalue weighted by molar-refractivity contribution is 5.59. The Bertz CT molecular complexity index is 466. The van der Waals surface area contributed by atoms with Crippen molar-refractivity contribution in [2.24, 2.45) is 0 Å². The van der Waals surface area contributed by atoms with Crippen LogP contribution in [0.1, 0.15) is 5.56 Å². The highest BCUT2D eigenvalue weighted by atomic mass is 16.5. The van der Waals surface area contributed by atoms with Crippen LogP contribution in [0.4, 0.5) is 5.69 Å². The molecule has 0 fully saturated rings. The van der Waals surface area contributed by atoms with Gasteiger partial charge in [0.15, 0.2) is 0 Å². The number of furan rings is 1. The standard InChI is InChI=1S/C13H15NO3/c1-15-11-3-4-13(16-2)12(7-11)14-8-10-5-6-17-9-10/h3-7,9,14H,8H2,1-2H3. The average molecular weight is 233 g/mol. The summed E-state index contributed by atoms with van der Waals surface area (Å²) in [5.41, 5.74) is 1.97. The van der Waals surface area contributed by atoms with E-state index in [2.05, 4.69) is 5.32 Å². The number of ether oxygens (including phenoxy) is 2. The van der Waals surface area contributed by atoms with Crippen LogP contribution in [0.2, 0.25) is 0 Å². The molecule has 1 heterocycles. The van der Waals surface area contributed by atoms with E-state index in [0.717, 1.165) is 22.7 Å². The molecule has 0 atom stereocenters. The normalized spacial score (nSPS) is 10.0. The second-order valence-corrected chi connectivity index (χ2v) is 3.55. The van der Waals surface area contributed by atoms with Gasteiger partial charge in [0, 0.05) is 18.2 Å². The number of benzene rings is 1. The summed E-state index contributed by atoms with van der Waals surface area (Å²) in [7, 11) is 3.28. The van der Waals surface area contributed by atoms with E-state index in [1.807, 2.05) is 24.3 Å². The Kier molecular flexibility index (Phi) is 3.55. The quantitative estimate of drug-likeness (QED) is 0.862. The molecule has 2 aromatic rings. The molecule has 0 aliphatic heterocycles. The first-order valence-corrected chi connectivity index (χ1v) is 5.30. The van der Waals surface area contributed by atoms with Crippen molar-refractivity contribution in [2.45, 2.75) is 6.54 Å². The number of hydrogen-bond acceptors (Lipinski definition) is 4. The van der Waals surface area contributed by atoms with Crippen LogP contribution in [0, 0.1) is 0 Å². The fourth-order valence-electron chi connectivity index (χ4n) is 1.54. The minimum atomic E-state index is 0.681. The Morgan fingerprint density at radius 2 is 2.06 bits per heavy atom. The van der Waals surface area contributed by atoms with Gasteiger partial charge in [-0.3, -0.25) is 0 Å². The Morgan fingerprint density at radius 1 is 1.18 bits per heavy atom. The third-order valence-electron chi connectivity index (χ3n) is 2.47. The van der Waals surface area contributed by atoms with Crippen molar-refractivity contribution >= 4 is 5.69 Å². The predicted molar refractivity (Wildman–Crippen MR) is 65.6 cm³/mol. The third kappa shape index (κ3) is 2.72. The first kappa shape index (κ1) is 11.4. The van der Waals surface area contributed by atoms with E-state index in [9.17, 15) is 0 Å². The largest absolute Gasteiger partial charge is 0.497 e. The molecule has 1 N–H and O–H groups in total. The van der Waals surface area contributed by atoms with E-state index in [4.69, 9.17) is 13.9 Å². The summed E-state index contributed by atoms with van der Waals surface area (Å²) in [5.74, 6) is 1.58. The Morgan fingerprint density at radius 3 is 2.71 bits per heavy atom. The lowest BCUT2D eigenvalue weighted by atomic mass is 10.2. The molecule has 0 bridgehead atoms. The molecule has 1 aromatic carbocycles. The van der Waals surface area contributed by atoms with E-state index in [1.54, 1.807) is 26.7 Å². The maximum absolute atomic E-state index is 5.27. The Balaban J connectivity index is 2.12. The lowest BCUT2D eigenvalue weighted by Crippen LogP contribution is -2.00. The van der Waals surface area contributed by atoms with Gasteiger partial charge in [0.05, 0.1) is 32.4 Å². The van der Waals surface area contributed by atoms with Crippen molar-refractivity contribution in [1.82, 2.24) is 0 Å². The van der Waals surface area contributed by atoms with Crippen LogP contribution in [-0.2, 0) is 6.54 Å². The molecule has 17 heavy (non-hydrogen) atoms. The zero-order valence-electron chi connectivity index (χ0n) is 9.90. The van der Waals surface area contributed by atoms with Gasteiger partial charge >= 0.3 is 0 Å². The molecular weight excluding hydrogens is 218 g/mol. The number of methoxy groups -OCH3 is 2. The van der Waals surface area contributed by atoms with Gasteiger partial charge in [0.2, 0.25) is 0 Å². The maximum Gasteiger partial charge on any atom is 0.142 e. The molecule has 2 rings (SSSR count). The average Bonchev–Trinajstić information content (AvgIpc) is 2.89. The smallest absolute Gasteiger partial charge is 0.142 e. The number of anilines is 1. The van der Waals surface area contributed by atoms with Crippen LogP contribution >= 0.6 is 0 Å². The number of hydrogen-bond donors (Lipinski definition) is 1. The first-order valence-electron chi connectivity index (χ1n) is 5.30. The highest BCUT2D eigenvalue weighted by Crippen LogP contribution is 2.29. The number of nitrogens with one attached hydrogen (secondary N) is 1. The molecular formula is C13H15NO3. The van der Waals surface area contributed by atoms with Crippen LogP contribution in [0.25, 0.3) is 0 Å². The molecule has 0 saturated heterocycles. The van der Waals surface area contributed by atoms with Gasteiger partial charge < -0.3 is 19.2 Å². The molecule has 0 radical (unpaired) electrons. The van der Waals surface area contributed by atoms with E-state index in [0.29, 0.717) is 6.54 Å². The summed E-state index contributed by atoms with van der Waals surface area (Å²) in [6, 6.07) is 7.55. The third-order valence-corrected chi connectivity index (χ3v) is 2.47. The minimum Gasteiger partial charge on any atom is -0.497 e. The van der Waals surface area contributed by atoms with Crippen molar-refractivity contribution in [3.05, 3.63) is 42.4 Å². The predicted octanol–water partition coefficient (Wildman–Crippen LogP) is 2.91. The Labute approximate surface area is 100 Å². The lowest BCUT2D eigenvalue weighted by Gasteiger charge is -2.11.